The number of unbranched alkanes of at least 4 members (excludes halogenated alkanes) is 23. The Kier molecular flexibility index (Phi) is 41.8. The van der Waals surface area contributed by atoms with Crippen LogP contribution in [-0.2, 0) is 32.7 Å². The average molecular weight is 880 g/mol. The van der Waals surface area contributed by atoms with E-state index in [2.05, 4.69) is 62.5 Å². The van der Waals surface area contributed by atoms with E-state index in [1.54, 1.807) is 0 Å². The summed E-state index contributed by atoms with van der Waals surface area (Å²) in [4.78, 5) is 37.3. The van der Waals surface area contributed by atoms with Crippen molar-refractivity contribution in [1.29, 1.82) is 0 Å². The number of phosphoric ester groups is 1. The zero-order valence-electron chi connectivity index (χ0n) is 40.1. The zero-order chi connectivity index (χ0) is 45.0. The molecule has 0 radical (unpaired) electrons. The highest BCUT2D eigenvalue weighted by Crippen LogP contribution is 2.38. The topological polar surface area (TPSA) is 111 Å². The molecule has 0 aromatic heterocycles. The molecule has 0 aromatic carbocycles. The second-order valence-electron chi connectivity index (χ2n) is 17.8. The highest BCUT2D eigenvalue weighted by Gasteiger charge is 2.21. The van der Waals surface area contributed by atoms with Gasteiger partial charge in [-0.1, -0.05) is 197 Å². The summed E-state index contributed by atoms with van der Waals surface area (Å²) >= 11 is 0. The lowest BCUT2D eigenvalue weighted by Crippen LogP contribution is -2.37. The quantitative estimate of drug-likeness (QED) is 0.0195. The van der Waals surface area contributed by atoms with Crippen LogP contribution in [-0.4, -0.2) is 70.0 Å². The molecule has 0 spiro atoms. The number of hydrogen-bond acceptors (Lipinski definition) is 8. The number of nitrogens with zero attached hydrogens (tertiary/aromatic N) is 1. The summed E-state index contributed by atoms with van der Waals surface area (Å²) in [5.41, 5.74) is 0. The lowest BCUT2D eigenvalue weighted by atomic mass is 10.0. The predicted octanol–water partition coefficient (Wildman–Crippen LogP) is 14.0. The van der Waals surface area contributed by atoms with Crippen LogP contribution in [0.15, 0.2) is 48.6 Å². The SMILES string of the molecule is CC/C=C\C/C=C\C/C=C\C/C=C\CCCCCCCCCCCCCCCCCCCCC(=O)OC(COC(=O)CCCCCCCC)COP(=O)([O-])OCC[N+](C)(C)C. The number of carbonyl (C=O) groups is 2. The molecule has 0 N–H and O–H groups in total. The molecule has 0 aromatic rings. The Morgan fingerprint density at radius 1 is 0.525 bits per heavy atom. The lowest BCUT2D eigenvalue weighted by Gasteiger charge is -2.28. The van der Waals surface area contributed by atoms with Gasteiger partial charge < -0.3 is 27.9 Å². The molecule has 0 fully saturated rings. The van der Waals surface area contributed by atoms with E-state index in [1.165, 1.54) is 109 Å². The fourth-order valence-electron chi connectivity index (χ4n) is 6.76. The van der Waals surface area contributed by atoms with Crippen LogP contribution in [0.4, 0.5) is 0 Å². The van der Waals surface area contributed by atoms with Crippen molar-refractivity contribution in [3.05, 3.63) is 48.6 Å². The van der Waals surface area contributed by atoms with Crippen molar-refractivity contribution in [1.82, 2.24) is 0 Å². The molecule has 2 unspecified atom stereocenters. The molecule has 0 heterocycles. The number of quaternary nitrogens is 1. The average Bonchev–Trinajstić information content (AvgIpc) is 3.21. The molecule has 2 atom stereocenters. The number of rotatable bonds is 45. The summed E-state index contributed by atoms with van der Waals surface area (Å²) in [6.45, 7) is 4.06. The van der Waals surface area contributed by atoms with E-state index in [4.69, 9.17) is 18.5 Å². The molecule has 0 saturated carbocycles. The van der Waals surface area contributed by atoms with Gasteiger partial charge >= 0.3 is 11.9 Å². The molecule has 0 aliphatic rings. The molecule has 356 valence electrons. The Morgan fingerprint density at radius 2 is 0.934 bits per heavy atom. The van der Waals surface area contributed by atoms with Crippen molar-refractivity contribution in [2.24, 2.45) is 0 Å². The normalized spacial score (nSPS) is 13.9. The number of hydrogen-bond donors (Lipinski definition) is 0. The largest absolute Gasteiger partial charge is 0.756 e. The van der Waals surface area contributed by atoms with Crippen molar-refractivity contribution in [3.63, 3.8) is 0 Å². The zero-order valence-corrected chi connectivity index (χ0v) is 41.0. The van der Waals surface area contributed by atoms with Gasteiger partial charge in [-0.05, 0) is 51.4 Å². The van der Waals surface area contributed by atoms with Gasteiger partial charge in [0.05, 0.1) is 27.7 Å². The van der Waals surface area contributed by atoms with E-state index >= 15 is 0 Å². The maximum absolute atomic E-state index is 12.7. The van der Waals surface area contributed by atoms with Gasteiger partial charge in [-0.2, -0.15) is 0 Å². The standard InChI is InChI=1S/C51H94NO8P/c1-6-8-10-12-14-15-16-17-18-19-20-21-22-23-24-25-26-27-28-29-30-31-32-33-34-35-36-37-38-40-42-44-51(54)60-49(47-57-50(53)43-41-39-13-11-9-7-2)48-59-61(55,56)58-46-45-52(3,4)5/h8,10,14-15,17-18,20-21,49H,6-7,9,11-13,16,19,22-48H2,1-5H3/b10-8-,15-14-,18-17-,21-20-. The lowest BCUT2D eigenvalue weighted by molar-refractivity contribution is -0.870. The minimum Gasteiger partial charge on any atom is -0.756 e. The van der Waals surface area contributed by atoms with Gasteiger partial charge in [0.15, 0.2) is 6.10 Å². The third kappa shape index (κ3) is 47.3. The Bertz CT molecular complexity index is 1180. The molecule has 0 rings (SSSR count). The van der Waals surface area contributed by atoms with Crippen LogP contribution in [0.1, 0.15) is 213 Å². The second-order valence-corrected chi connectivity index (χ2v) is 19.2. The first-order valence-electron chi connectivity index (χ1n) is 24.8. The Hall–Kier alpha value is -2.03. The molecule has 61 heavy (non-hydrogen) atoms. The maximum Gasteiger partial charge on any atom is 0.306 e. The number of carbonyl (C=O) groups excluding carboxylic acids is 2. The van der Waals surface area contributed by atoms with Gasteiger partial charge in [0, 0.05) is 12.8 Å². The third-order valence-electron chi connectivity index (χ3n) is 10.6. The first-order valence-corrected chi connectivity index (χ1v) is 26.3. The number of esters is 2. The monoisotopic (exact) mass is 880 g/mol. The van der Waals surface area contributed by atoms with Crippen molar-refractivity contribution in [3.8, 4) is 0 Å². The van der Waals surface area contributed by atoms with Crippen LogP contribution in [0.3, 0.4) is 0 Å². The second kappa shape index (κ2) is 43.2. The third-order valence-corrected chi connectivity index (χ3v) is 11.6. The summed E-state index contributed by atoms with van der Waals surface area (Å²) in [5.74, 6) is -0.839. The molecule has 0 aliphatic carbocycles. The van der Waals surface area contributed by atoms with E-state index < -0.39 is 32.5 Å². The summed E-state index contributed by atoms with van der Waals surface area (Å²) in [7, 11) is 1.17. The van der Waals surface area contributed by atoms with Crippen molar-refractivity contribution < 1.29 is 42.1 Å². The van der Waals surface area contributed by atoms with Crippen molar-refractivity contribution >= 4 is 19.8 Å². The van der Waals surface area contributed by atoms with Crippen LogP contribution in [0.25, 0.3) is 0 Å². The number of ether oxygens (including phenoxy) is 2. The summed E-state index contributed by atoms with van der Waals surface area (Å²) in [6, 6.07) is 0. The molecule has 9 nitrogen and oxygen atoms in total. The van der Waals surface area contributed by atoms with Gasteiger partial charge in [0.25, 0.3) is 7.82 Å². The van der Waals surface area contributed by atoms with Crippen LogP contribution in [0.2, 0.25) is 0 Å². The predicted molar refractivity (Wildman–Crippen MR) is 254 cm³/mol. The number of likely N-dealkylation sites (N-methyl/N-ethyl adjacent to an activating group) is 1. The van der Waals surface area contributed by atoms with Crippen LogP contribution in [0, 0.1) is 0 Å². The van der Waals surface area contributed by atoms with E-state index in [-0.39, 0.29) is 26.1 Å². The molecule has 0 bridgehead atoms. The smallest absolute Gasteiger partial charge is 0.306 e. The summed E-state index contributed by atoms with van der Waals surface area (Å²) < 4.78 is 33.8. The minimum absolute atomic E-state index is 0.0297. The van der Waals surface area contributed by atoms with E-state index in [0.717, 1.165) is 70.6 Å². The van der Waals surface area contributed by atoms with Gasteiger partial charge in [0.2, 0.25) is 0 Å². The van der Waals surface area contributed by atoms with E-state index in [0.29, 0.717) is 17.4 Å². The molecule has 0 aliphatic heterocycles. The maximum atomic E-state index is 12.7. The van der Waals surface area contributed by atoms with Gasteiger partial charge in [-0.15, -0.1) is 0 Å². The first-order chi connectivity index (χ1) is 29.5. The molecule has 0 amide bonds. The van der Waals surface area contributed by atoms with Gasteiger partial charge in [-0.3, -0.25) is 14.2 Å². The Balaban J connectivity index is 3.93. The molecule has 10 heteroatoms. The highest BCUT2D eigenvalue weighted by molar-refractivity contribution is 7.45. The van der Waals surface area contributed by atoms with Crippen LogP contribution >= 0.6 is 7.82 Å². The van der Waals surface area contributed by atoms with E-state index in [9.17, 15) is 19.0 Å². The van der Waals surface area contributed by atoms with Gasteiger partial charge in [-0.25, -0.2) is 0 Å². The van der Waals surface area contributed by atoms with Gasteiger partial charge in [0.1, 0.15) is 19.8 Å². The summed E-state index contributed by atoms with van der Waals surface area (Å²) in [5, 5.41) is 0. The van der Waals surface area contributed by atoms with Crippen LogP contribution in [0.5, 0.6) is 0 Å². The first kappa shape index (κ1) is 59.0. The Morgan fingerprint density at radius 3 is 1.39 bits per heavy atom. The molecular formula is C51H94NO8P. The van der Waals surface area contributed by atoms with E-state index in [1.807, 2.05) is 21.1 Å². The number of allylic oxidation sites excluding steroid dienone is 8. The Labute approximate surface area is 375 Å². The number of phosphoric acid groups is 1. The minimum atomic E-state index is -4.62. The fourth-order valence-corrected chi connectivity index (χ4v) is 7.49. The molecular weight excluding hydrogens is 786 g/mol. The van der Waals surface area contributed by atoms with Crippen molar-refractivity contribution in [2.75, 3.05) is 47.5 Å². The highest BCUT2D eigenvalue weighted by atomic mass is 31.2. The van der Waals surface area contributed by atoms with Crippen LogP contribution < -0.4 is 4.89 Å². The summed E-state index contributed by atoms with van der Waals surface area (Å²) in [6.07, 6.45) is 52.0. The van der Waals surface area contributed by atoms with Crippen molar-refractivity contribution in [2.45, 2.75) is 219 Å². The molecule has 0 saturated heterocycles. The fraction of sp³-hybridized carbons (Fsp3) is 0.804.